The summed E-state index contributed by atoms with van der Waals surface area (Å²) in [5.74, 6) is -0.0173. The highest BCUT2D eigenvalue weighted by molar-refractivity contribution is 5.78. The van der Waals surface area contributed by atoms with Gasteiger partial charge in [-0.1, -0.05) is 44.2 Å². The minimum atomic E-state index is -0.147. The fourth-order valence-electron chi connectivity index (χ4n) is 1.69. The van der Waals surface area contributed by atoms with Gasteiger partial charge in [-0.3, -0.25) is 4.79 Å². The Bertz CT molecular complexity index is 304. The van der Waals surface area contributed by atoms with Gasteiger partial charge in [0.05, 0.1) is 12.5 Å². The van der Waals surface area contributed by atoms with Crippen molar-refractivity contribution in [2.75, 3.05) is 6.61 Å². The molecular formula is C13H18O2. The van der Waals surface area contributed by atoms with Crippen molar-refractivity contribution < 1.29 is 9.53 Å². The van der Waals surface area contributed by atoms with E-state index in [2.05, 4.69) is 0 Å². The van der Waals surface area contributed by atoms with Crippen molar-refractivity contribution in [2.45, 2.75) is 26.7 Å². The van der Waals surface area contributed by atoms with Crippen LogP contribution in [0.15, 0.2) is 30.3 Å². The molecule has 0 spiro atoms. The second kappa shape index (κ2) is 5.54. The Balaban J connectivity index is 2.88. The average Bonchev–Trinajstić information content (AvgIpc) is 2.19. The van der Waals surface area contributed by atoms with Crippen LogP contribution in [0.1, 0.15) is 32.3 Å². The molecule has 0 amide bonds. The van der Waals surface area contributed by atoms with E-state index in [1.807, 2.05) is 51.1 Å². The van der Waals surface area contributed by atoms with Crippen molar-refractivity contribution in [1.29, 1.82) is 0 Å². The van der Waals surface area contributed by atoms with E-state index in [9.17, 15) is 4.79 Å². The number of hydrogen-bond acceptors (Lipinski definition) is 2. The molecule has 1 rings (SSSR count). The highest BCUT2D eigenvalue weighted by Crippen LogP contribution is 2.25. The topological polar surface area (TPSA) is 26.3 Å². The van der Waals surface area contributed by atoms with Gasteiger partial charge in [0.15, 0.2) is 0 Å². The fraction of sp³-hybridized carbons (Fsp3) is 0.462. The Kier molecular flexibility index (Phi) is 4.35. The Hall–Kier alpha value is -1.31. The van der Waals surface area contributed by atoms with Crippen molar-refractivity contribution in [3.05, 3.63) is 35.9 Å². The molecular weight excluding hydrogens is 188 g/mol. The van der Waals surface area contributed by atoms with E-state index in [1.165, 1.54) is 0 Å². The lowest BCUT2D eigenvalue weighted by molar-refractivity contribution is -0.146. The molecule has 0 saturated heterocycles. The molecule has 0 heterocycles. The third-order valence-electron chi connectivity index (χ3n) is 2.37. The van der Waals surface area contributed by atoms with Crippen LogP contribution in [0, 0.1) is 5.92 Å². The van der Waals surface area contributed by atoms with Crippen LogP contribution in [-0.2, 0) is 9.53 Å². The molecule has 0 aliphatic carbocycles. The fourth-order valence-corrected chi connectivity index (χ4v) is 1.69. The summed E-state index contributed by atoms with van der Waals surface area (Å²) in [6.45, 7) is 6.35. The molecule has 0 aromatic heterocycles. The zero-order valence-electron chi connectivity index (χ0n) is 9.57. The Morgan fingerprint density at radius 3 is 2.33 bits per heavy atom. The number of benzene rings is 1. The summed E-state index contributed by atoms with van der Waals surface area (Å²) in [5, 5.41) is 0. The lowest BCUT2D eigenvalue weighted by Crippen LogP contribution is -2.20. The monoisotopic (exact) mass is 206 g/mol. The van der Waals surface area contributed by atoms with E-state index in [0.717, 1.165) is 5.56 Å². The SMILES string of the molecule is CCOC(=O)C(c1ccccc1)C(C)C. The van der Waals surface area contributed by atoms with E-state index in [1.54, 1.807) is 0 Å². The van der Waals surface area contributed by atoms with Gasteiger partial charge in [0.2, 0.25) is 0 Å². The third-order valence-corrected chi connectivity index (χ3v) is 2.37. The minimum Gasteiger partial charge on any atom is -0.466 e. The van der Waals surface area contributed by atoms with Crippen LogP contribution in [0.4, 0.5) is 0 Å². The van der Waals surface area contributed by atoms with Gasteiger partial charge in [-0.15, -0.1) is 0 Å². The maximum atomic E-state index is 11.8. The van der Waals surface area contributed by atoms with Gasteiger partial charge in [0, 0.05) is 0 Å². The normalized spacial score (nSPS) is 12.5. The van der Waals surface area contributed by atoms with Crippen molar-refractivity contribution in [3.8, 4) is 0 Å². The van der Waals surface area contributed by atoms with Crippen molar-refractivity contribution in [2.24, 2.45) is 5.92 Å². The van der Waals surface area contributed by atoms with Crippen LogP contribution >= 0.6 is 0 Å². The molecule has 15 heavy (non-hydrogen) atoms. The molecule has 0 saturated carbocycles. The summed E-state index contributed by atoms with van der Waals surface area (Å²) in [5.41, 5.74) is 1.03. The van der Waals surface area contributed by atoms with Gasteiger partial charge in [0.1, 0.15) is 0 Å². The maximum Gasteiger partial charge on any atom is 0.313 e. The number of carbonyl (C=O) groups is 1. The highest BCUT2D eigenvalue weighted by atomic mass is 16.5. The molecule has 0 aliphatic heterocycles. The predicted molar refractivity (Wildman–Crippen MR) is 60.7 cm³/mol. The van der Waals surface area contributed by atoms with Gasteiger partial charge < -0.3 is 4.74 Å². The molecule has 2 heteroatoms. The maximum absolute atomic E-state index is 11.8. The number of esters is 1. The molecule has 0 fully saturated rings. The molecule has 0 radical (unpaired) electrons. The highest BCUT2D eigenvalue weighted by Gasteiger charge is 2.24. The van der Waals surface area contributed by atoms with Gasteiger partial charge in [-0.05, 0) is 18.4 Å². The molecule has 0 aliphatic rings. The Morgan fingerprint density at radius 2 is 1.87 bits per heavy atom. The Labute approximate surface area is 91.3 Å². The van der Waals surface area contributed by atoms with Gasteiger partial charge in [0.25, 0.3) is 0 Å². The van der Waals surface area contributed by atoms with E-state index < -0.39 is 0 Å². The van der Waals surface area contributed by atoms with Crippen LogP contribution in [-0.4, -0.2) is 12.6 Å². The zero-order valence-corrected chi connectivity index (χ0v) is 9.57. The first-order valence-corrected chi connectivity index (χ1v) is 5.38. The summed E-state index contributed by atoms with van der Waals surface area (Å²) < 4.78 is 5.08. The standard InChI is InChI=1S/C13H18O2/c1-4-15-13(14)12(10(2)3)11-8-6-5-7-9-11/h5-10,12H,4H2,1-3H3. The van der Waals surface area contributed by atoms with E-state index in [-0.39, 0.29) is 17.8 Å². The second-order valence-electron chi connectivity index (χ2n) is 3.88. The largest absolute Gasteiger partial charge is 0.466 e. The van der Waals surface area contributed by atoms with Crippen molar-refractivity contribution in [1.82, 2.24) is 0 Å². The molecule has 0 bridgehead atoms. The van der Waals surface area contributed by atoms with Crippen LogP contribution < -0.4 is 0 Å². The molecule has 0 N–H and O–H groups in total. The number of rotatable bonds is 4. The van der Waals surface area contributed by atoms with Crippen LogP contribution in [0.5, 0.6) is 0 Å². The summed E-state index contributed by atoms with van der Waals surface area (Å²) in [6, 6.07) is 9.79. The van der Waals surface area contributed by atoms with Crippen molar-refractivity contribution >= 4 is 5.97 Å². The molecule has 1 aromatic carbocycles. The van der Waals surface area contributed by atoms with Crippen LogP contribution in [0.3, 0.4) is 0 Å². The van der Waals surface area contributed by atoms with Gasteiger partial charge >= 0.3 is 5.97 Å². The zero-order chi connectivity index (χ0) is 11.3. The molecule has 1 aromatic rings. The van der Waals surface area contributed by atoms with Crippen LogP contribution in [0.25, 0.3) is 0 Å². The summed E-state index contributed by atoms with van der Waals surface area (Å²) in [6.07, 6.45) is 0. The van der Waals surface area contributed by atoms with Gasteiger partial charge in [-0.2, -0.15) is 0 Å². The number of hydrogen-bond donors (Lipinski definition) is 0. The lowest BCUT2D eigenvalue weighted by Gasteiger charge is -2.19. The first-order chi connectivity index (χ1) is 7.16. The first kappa shape index (κ1) is 11.8. The number of ether oxygens (including phenoxy) is 1. The average molecular weight is 206 g/mol. The summed E-state index contributed by atoms with van der Waals surface area (Å²) >= 11 is 0. The third kappa shape index (κ3) is 3.08. The quantitative estimate of drug-likeness (QED) is 0.708. The Morgan fingerprint density at radius 1 is 1.27 bits per heavy atom. The van der Waals surface area contributed by atoms with E-state index in [4.69, 9.17) is 4.74 Å². The van der Waals surface area contributed by atoms with E-state index >= 15 is 0 Å². The first-order valence-electron chi connectivity index (χ1n) is 5.38. The minimum absolute atomic E-state index is 0.126. The second-order valence-corrected chi connectivity index (χ2v) is 3.88. The molecule has 2 nitrogen and oxygen atoms in total. The van der Waals surface area contributed by atoms with Crippen LogP contribution in [0.2, 0.25) is 0 Å². The summed E-state index contributed by atoms with van der Waals surface area (Å²) in [7, 11) is 0. The molecule has 1 atom stereocenters. The van der Waals surface area contributed by atoms with Crippen molar-refractivity contribution in [3.63, 3.8) is 0 Å². The smallest absolute Gasteiger partial charge is 0.313 e. The predicted octanol–water partition coefficient (Wildman–Crippen LogP) is 2.99. The van der Waals surface area contributed by atoms with E-state index in [0.29, 0.717) is 6.61 Å². The lowest BCUT2D eigenvalue weighted by atomic mass is 9.88. The molecule has 82 valence electrons. The number of carbonyl (C=O) groups excluding carboxylic acids is 1. The molecule has 1 unspecified atom stereocenters. The summed E-state index contributed by atoms with van der Waals surface area (Å²) in [4.78, 5) is 11.8. The van der Waals surface area contributed by atoms with Gasteiger partial charge in [-0.25, -0.2) is 0 Å².